The van der Waals surface area contributed by atoms with E-state index in [1.54, 1.807) is 11.3 Å². The Morgan fingerprint density at radius 3 is 2.80 bits per heavy atom. The van der Waals surface area contributed by atoms with E-state index in [1.165, 1.54) is 0 Å². The molecule has 5 nitrogen and oxygen atoms in total. The normalized spacial score (nSPS) is 14.9. The molecule has 3 rings (SSSR count). The topological polar surface area (TPSA) is 56.3 Å². The Hall–Kier alpha value is -1.82. The van der Waals surface area contributed by atoms with Gasteiger partial charge in [0.15, 0.2) is 11.5 Å². The first-order valence-electron chi connectivity index (χ1n) is 6.74. The van der Waals surface area contributed by atoms with E-state index >= 15 is 0 Å². The summed E-state index contributed by atoms with van der Waals surface area (Å²) in [5.74, 6) is 1.63. The first-order chi connectivity index (χ1) is 9.76. The Morgan fingerprint density at radius 1 is 1.25 bits per heavy atom. The smallest absolute Gasteiger partial charge is 0.206 e. The summed E-state index contributed by atoms with van der Waals surface area (Å²) in [5.41, 5.74) is 1.14. The monoisotopic (exact) mass is 291 g/mol. The molecule has 1 aliphatic heterocycles. The zero-order chi connectivity index (χ0) is 13.9. The summed E-state index contributed by atoms with van der Waals surface area (Å²) in [5, 5.41) is 13.5. The van der Waals surface area contributed by atoms with E-state index in [0.29, 0.717) is 13.2 Å². The summed E-state index contributed by atoms with van der Waals surface area (Å²) >= 11 is 1.60. The van der Waals surface area contributed by atoms with Crippen molar-refractivity contribution in [1.82, 2.24) is 10.2 Å². The number of rotatable bonds is 4. The molecule has 2 heterocycles. The van der Waals surface area contributed by atoms with Crippen LogP contribution in [-0.4, -0.2) is 23.4 Å². The van der Waals surface area contributed by atoms with Gasteiger partial charge in [0.2, 0.25) is 5.13 Å². The van der Waals surface area contributed by atoms with Gasteiger partial charge in [0.1, 0.15) is 18.2 Å². The van der Waals surface area contributed by atoms with Gasteiger partial charge in [-0.1, -0.05) is 24.3 Å². The van der Waals surface area contributed by atoms with Gasteiger partial charge in [-0.25, -0.2) is 0 Å². The van der Waals surface area contributed by atoms with Crippen LogP contribution in [0.15, 0.2) is 18.2 Å². The lowest BCUT2D eigenvalue weighted by Gasteiger charge is -2.20. The van der Waals surface area contributed by atoms with Crippen LogP contribution >= 0.6 is 11.3 Å². The Labute approximate surface area is 121 Å². The SMILES string of the molecule is CCc1nnc(NC(C)c2ccc3c(c2)OCCO3)s1. The van der Waals surface area contributed by atoms with Gasteiger partial charge in [-0.3, -0.25) is 0 Å². The van der Waals surface area contributed by atoms with Gasteiger partial charge in [0.25, 0.3) is 0 Å². The molecule has 0 aliphatic carbocycles. The number of anilines is 1. The molecule has 0 fully saturated rings. The molecule has 0 saturated heterocycles. The van der Waals surface area contributed by atoms with E-state index in [-0.39, 0.29) is 6.04 Å². The quantitative estimate of drug-likeness (QED) is 0.938. The first-order valence-corrected chi connectivity index (χ1v) is 7.56. The van der Waals surface area contributed by atoms with E-state index in [2.05, 4.69) is 29.4 Å². The van der Waals surface area contributed by atoms with Gasteiger partial charge in [0.05, 0.1) is 6.04 Å². The average Bonchev–Trinajstić information content (AvgIpc) is 2.94. The minimum atomic E-state index is 0.142. The van der Waals surface area contributed by atoms with Crippen LogP contribution in [0, 0.1) is 0 Å². The van der Waals surface area contributed by atoms with Crippen LogP contribution in [0.1, 0.15) is 30.5 Å². The molecule has 0 radical (unpaired) electrons. The molecule has 0 bridgehead atoms. The maximum absolute atomic E-state index is 5.61. The summed E-state index contributed by atoms with van der Waals surface area (Å²) in [6, 6.07) is 6.17. The van der Waals surface area contributed by atoms with Gasteiger partial charge in [0, 0.05) is 0 Å². The number of aryl methyl sites for hydroxylation is 1. The lowest BCUT2D eigenvalue weighted by molar-refractivity contribution is 0.171. The van der Waals surface area contributed by atoms with Crippen LogP contribution < -0.4 is 14.8 Å². The van der Waals surface area contributed by atoms with Crippen molar-refractivity contribution in [2.45, 2.75) is 26.3 Å². The van der Waals surface area contributed by atoms with Crippen molar-refractivity contribution < 1.29 is 9.47 Å². The van der Waals surface area contributed by atoms with Crippen LogP contribution in [0.4, 0.5) is 5.13 Å². The first kappa shape index (κ1) is 13.2. The highest BCUT2D eigenvalue weighted by atomic mass is 32.1. The Bertz CT molecular complexity index is 600. The highest BCUT2D eigenvalue weighted by molar-refractivity contribution is 7.15. The lowest BCUT2D eigenvalue weighted by Crippen LogP contribution is -2.16. The third-order valence-corrected chi connectivity index (χ3v) is 4.17. The van der Waals surface area contributed by atoms with Crippen LogP contribution in [0.2, 0.25) is 0 Å². The molecule has 106 valence electrons. The molecule has 1 N–H and O–H groups in total. The van der Waals surface area contributed by atoms with Crippen LogP contribution in [0.5, 0.6) is 11.5 Å². The standard InChI is InChI=1S/C14H17N3O2S/c1-3-13-16-17-14(20-13)15-9(2)10-4-5-11-12(8-10)19-7-6-18-11/h4-5,8-9H,3,6-7H2,1-2H3,(H,15,17). The molecule has 2 aromatic rings. The number of aromatic nitrogens is 2. The van der Waals surface area contributed by atoms with E-state index in [0.717, 1.165) is 33.6 Å². The number of hydrogen-bond donors (Lipinski definition) is 1. The maximum Gasteiger partial charge on any atom is 0.206 e. The fourth-order valence-electron chi connectivity index (χ4n) is 2.05. The molecule has 1 aromatic heterocycles. The number of fused-ring (bicyclic) bond motifs is 1. The fourth-order valence-corrected chi connectivity index (χ4v) is 2.82. The fraction of sp³-hybridized carbons (Fsp3) is 0.429. The molecule has 1 aromatic carbocycles. The zero-order valence-electron chi connectivity index (χ0n) is 11.5. The van der Waals surface area contributed by atoms with E-state index in [9.17, 15) is 0 Å². The van der Waals surface area contributed by atoms with Crippen LogP contribution in [0.3, 0.4) is 0 Å². The van der Waals surface area contributed by atoms with E-state index in [1.807, 2.05) is 18.2 Å². The second kappa shape index (κ2) is 5.66. The molecule has 6 heteroatoms. The van der Waals surface area contributed by atoms with Gasteiger partial charge >= 0.3 is 0 Å². The summed E-state index contributed by atoms with van der Waals surface area (Å²) in [6.07, 6.45) is 0.914. The predicted molar refractivity (Wildman–Crippen MR) is 78.8 cm³/mol. The second-order valence-corrected chi connectivity index (χ2v) is 5.69. The minimum Gasteiger partial charge on any atom is -0.486 e. The molecular formula is C14H17N3O2S. The number of hydrogen-bond acceptors (Lipinski definition) is 6. The van der Waals surface area contributed by atoms with Crippen LogP contribution in [-0.2, 0) is 6.42 Å². The number of nitrogens with one attached hydrogen (secondary N) is 1. The van der Waals surface area contributed by atoms with Crippen molar-refractivity contribution in [3.05, 3.63) is 28.8 Å². The molecule has 1 aliphatic rings. The average molecular weight is 291 g/mol. The summed E-state index contributed by atoms with van der Waals surface area (Å²) in [6.45, 7) is 5.40. The molecule has 0 saturated carbocycles. The molecule has 1 unspecified atom stereocenters. The molecule has 0 spiro atoms. The third-order valence-electron chi connectivity index (χ3n) is 3.18. The second-order valence-electron chi connectivity index (χ2n) is 4.62. The summed E-state index contributed by atoms with van der Waals surface area (Å²) in [4.78, 5) is 0. The highest BCUT2D eigenvalue weighted by Gasteiger charge is 2.15. The lowest BCUT2D eigenvalue weighted by atomic mass is 10.1. The molecule has 20 heavy (non-hydrogen) atoms. The molecule has 0 amide bonds. The molecular weight excluding hydrogens is 274 g/mol. The zero-order valence-corrected chi connectivity index (χ0v) is 12.4. The Balaban J connectivity index is 1.74. The van der Waals surface area contributed by atoms with Gasteiger partial charge < -0.3 is 14.8 Å². The van der Waals surface area contributed by atoms with Gasteiger partial charge in [-0.2, -0.15) is 0 Å². The highest BCUT2D eigenvalue weighted by Crippen LogP contribution is 2.33. The van der Waals surface area contributed by atoms with Crippen molar-refractivity contribution in [2.24, 2.45) is 0 Å². The largest absolute Gasteiger partial charge is 0.486 e. The third kappa shape index (κ3) is 2.70. The van der Waals surface area contributed by atoms with Crippen molar-refractivity contribution in [2.75, 3.05) is 18.5 Å². The van der Waals surface area contributed by atoms with Crippen molar-refractivity contribution >= 4 is 16.5 Å². The summed E-state index contributed by atoms with van der Waals surface area (Å²) in [7, 11) is 0. The van der Waals surface area contributed by atoms with E-state index < -0.39 is 0 Å². The number of ether oxygens (including phenoxy) is 2. The minimum absolute atomic E-state index is 0.142. The van der Waals surface area contributed by atoms with Gasteiger partial charge in [-0.15, -0.1) is 10.2 Å². The van der Waals surface area contributed by atoms with E-state index in [4.69, 9.17) is 9.47 Å². The van der Waals surface area contributed by atoms with Gasteiger partial charge in [-0.05, 0) is 31.0 Å². The van der Waals surface area contributed by atoms with Crippen molar-refractivity contribution in [1.29, 1.82) is 0 Å². The van der Waals surface area contributed by atoms with Crippen molar-refractivity contribution in [3.8, 4) is 11.5 Å². The Kier molecular flexibility index (Phi) is 3.73. The predicted octanol–water partition coefficient (Wildman–Crippen LogP) is 3.04. The van der Waals surface area contributed by atoms with Crippen LogP contribution in [0.25, 0.3) is 0 Å². The maximum atomic E-state index is 5.61. The number of benzene rings is 1. The van der Waals surface area contributed by atoms with Crippen molar-refractivity contribution in [3.63, 3.8) is 0 Å². The number of nitrogens with zero attached hydrogens (tertiary/aromatic N) is 2. The Morgan fingerprint density at radius 2 is 2.05 bits per heavy atom. The molecule has 1 atom stereocenters. The summed E-state index contributed by atoms with van der Waals surface area (Å²) < 4.78 is 11.1.